The normalized spacial score (nSPS) is 11.0. The molecule has 0 aliphatic rings. The maximum Gasteiger partial charge on any atom is 0.228 e. The summed E-state index contributed by atoms with van der Waals surface area (Å²) in [6.07, 6.45) is 0.591. The Balaban J connectivity index is 0.00000320. The maximum atomic E-state index is 5.91. The van der Waals surface area contributed by atoms with Gasteiger partial charge in [0.15, 0.2) is 5.96 Å². The molecule has 0 amide bonds. The highest BCUT2D eigenvalue weighted by Crippen LogP contribution is 2.18. The smallest absolute Gasteiger partial charge is 0.228 e. The molecule has 0 spiro atoms. The number of nitrogens with zero attached hydrogens (tertiary/aromatic N) is 4. The Morgan fingerprint density at radius 1 is 1.17 bits per heavy atom. The Hall–Kier alpha value is -2.33. The van der Waals surface area contributed by atoms with Crippen LogP contribution in [0.3, 0.4) is 0 Å². The average Bonchev–Trinajstić information content (AvgIpc) is 3.21. The Bertz CT molecular complexity index is 919. The third-order valence-corrected chi connectivity index (χ3v) is 4.46. The molecule has 0 aliphatic carbocycles. The van der Waals surface area contributed by atoms with E-state index in [4.69, 9.17) is 20.9 Å². The van der Waals surface area contributed by atoms with Gasteiger partial charge in [0.2, 0.25) is 11.7 Å². The zero-order valence-electron chi connectivity index (χ0n) is 16.9. The highest BCUT2D eigenvalue weighted by molar-refractivity contribution is 14.0. The lowest BCUT2D eigenvalue weighted by Gasteiger charge is -2.21. The summed E-state index contributed by atoms with van der Waals surface area (Å²) in [7, 11) is 3.72. The molecule has 160 valence electrons. The highest BCUT2D eigenvalue weighted by Gasteiger charge is 2.10. The first-order valence-electron chi connectivity index (χ1n) is 9.34. The Kier molecular flexibility index (Phi) is 9.88. The van der Waals surface area contributed by atoms with Crippen molar-refractivity contribution < 1.29 is 9.26 Å². The molecule has 0 atom stereocenters. The van der Waals surface area contributed by atoms with E-state index in [0.717, 1.165) is 17.3 Å². The molecule has 9 heteroatoms. The summed E-state index contributed by atoms with van der Waals surface area (Å²) in [6, 6.07) is 17.1. The first-order chi connectivity index (χ1) is 14.2. The van der Waals surface area contributed by atoms with Gasteiger partial charge in [-0.2, -0.15) is 4.98 Å². The standard InChI is InChI=1S/C21H24ClN5O2.HI/c1-23-21(27(2)14-15-28-18-6-4-3-5-7-18)24-13-12-19-25-20(26-29-19)16-8-10-17(22)11-9-16;/h3-11H,12-15H2,1-2H3,(H,23,24);1H. The van der Waals surface area contributed by atoms with Gasteiger partial charge in [-0.05, 0) is 36.4 Å². The van der Waals surface area contributed by atoms with Gasteiger partial charge in [-0.3, -0.25) is 4.99 Å². The number of hydrogen-bond acceptors (Lipinski definition) is 5. The van der Waals surface area contributed by atoms with E-state index in [2.05, 4.69) is 20.4 Å². The van der Waals surface area contributed by atoms with Crippen LogP contribution in [-0.2, 0) is 6.42 Å². The minimum Gasteiger partial charge on any atom is -0.492 e. The van der Waals surface area contributed by atoms with Crippen molar-refractivity contribution in [2.24, 2.45) is 4.99 Å². The number of hydrogen-bond donors (Lipinski definition) is 1. The van der Waals surface area contributed by atoms with Crippen LogP contribution in [0.2, 0.25) is 5.02 Å². The topological polar surface area (TPSA) is 75.8 Å². The van der Waals surface area contributed by atoms with Crippen molar-refractivity contribution >= 4 is 41.5 Å². The van der Waals surface area contributed by atoms with Crippen molar-refractivity contribution in [1.29, 1.82) is 0 Å². The predicted octanol–water partition coefficient (Wildman–Crippen LogP) is 4.14. The number of aromatic nitrogens is 2. The molecule has 0 saturated heterocycles. The summed E-state index contributed by atoms with van der Waals surface area (Å²) in [4.78, 5) is 10.7. The van der Waals surface area contributed by atoms with E-state index in [0.29, 0.717) is 42.9 Å². The third-order valence-electron chi connectivity index (χ3n) is 4.20. The largest absolute Gasteiger partial charge is 0.492 e. The van der Waals surface area contributed by atoms with E-state index < -0.39 is 0 Å². The SMILES string of the molecule is CN=C(NCCc1nc(-c2ccc(Cl)cc2)no1)N(C)CCOc1ccccc1.I. The van der Waals surface area contributed by atoms with Gasteiger partial charge in [0, 0.05) is 37.6 Å². The number of rotatable bonds is 8. The lowest BCUT2D eigenvalue weighted by molar-refractivity contribution is 0.281. The maximum absolute atomic E-state index is 5.91. The first-order valence-corrected chi connectivity index (χ1v) is 9.71. The molecule has 0 fully saturated rings. The fourth-order valence-electron chi connectivity index (χ4n) is 2.66. The second kappa shape index (κ2) is 12.4. The van der Waals surface area contributed by atoms with E-state index in [1.165, 1.54) is 0 Å². The Morgan fingerprint density at radius 2 is 1.90 bits per heavy atom. The number of guanidine groups is 1. The third kappa shape index (κ3) is 7.17. The molecule has 0 radical (unpaired) electrons. The van der Waals surface area contributed by atoms with Gasteiger partial charge >= 0.3 is 0 Å². The van der Waals surface area contributed by atoms with Crippen molar-refractivity contribution in [1.82, 2.24) is 20.4 Å². The zero-order chi connectivity index (χ0) is 20.5. The summed E-state index contributed by atoms with van der Waals surface area (Å²) >= 11 is 5.91. The molecule has 3 aromatic rings. The minimum absolute atomic E-state index is 0. The van der Waals surface area contributed by atoms with Gasteiger partial charge in [-0.15, -0.1) is 24.0 Å². The van der Waals surface area contributed by atoms with Gasteiger partial charge in [0.25, 0.3) is 0 Å². The molecule has 0 bridgehead atoms. The molecular formula is C21H25ClIN5O2. The summed E-state index contributed by atoms with van der Waals surface area (Å²) in [5.41, 5.74) is 0.867. The van der Waals surface area contributed by atoms with Crippen molar-refractivity contribution in [3.05, 3.63) is 65.5 Å². The molecule has 0 aliphatic heterocycles. The zero-order valence-corrected chi connectivity index (χ0v) is 20.0. The van der Waals surface area contributed by atoms with E-state index in [1.54, 1.807) is 19.2 Å². The molecule has 7 nitrogen and oxygen atoms in total. The molecule has 1 N–H and O–H groups in total. The predicted molar refractivity (Wildman–Crippen MR) is 130 cm³/mol. The van der Waals surface area contributed by atoms with Crippen LogP contribution in [-0.4, -0.2) is 54.8 Å². The van der Waals surface area contributed by atoms with Crippen molar-refractivity contribution in [2.45, 2.75) is 6.42 Å². The van der Waals surface area contributed by atoms with Gasteiger partial charge in [-0.25, -0.2) is 0 Å². The average molecular weight is 542 g/mol. The van der Waals surface area contributed by atoms with E-state index in [9.17, 15) is 0 Å². The summed E-state index contributed by atoms with van der Waals surface area (Å²) in [5.74, 6) is 2.75. The Labute approximate surface area is 198 Å². The van der Waals surface area contributed by atoms with Crippen LogP contribution < -0.4 is 10.1 Å². The lowest BCUT2D eigenvalue weighted by Crippen LogP contribution is -2.41. The van der Waals surface area contributed by atoms with Crippen molar-refractivity contribution in [2.75, 3.05) is 33.8 Å². The molecule has 1 heterocycles. The number of para-hydroxylation sites is 1. The van der Waals surface area contributed by atoms with Crippen LogP contribution >= 0.6 is 35.6 Å². The molecule has 3 rings (SSSR count). The number of halogens is 2. The fourth-order valence-corrected chi connectivity index (χ4v) is 2.79. The summed E-state index contributed by atoms with van der Waals surface area (Å²) < 4.78 is 11.1. The second-order valence-electron chi connectivity index (χ2n) is 6.33. The molecule has 30 heavy (non-hydrogen) atoms. The summed E-state index contributed by atoms with van der Waals surface area (Å²) in [5, 5.41) is 7.99. The number of aliphatic imine (C=N–C) groups is 1. The van der Waals surface area contributed by atoms with E-state index >= 15 is 0 Å². The molecule has 0 saturated carbocycles. The van der Waals surface area contributed by atoms with Gasteiger partial charge in [0.05, 0.1) is 6.54 Å². The number of ether oxygens (including phenoxy) is 1. The number of benzene rings is 2. The van der Waals surface area contributed by atoms with Crippen LogP contribution in [0.25, 0.3) is 11.4 Å². The number of likely N-dealkylation sites (N-methyl/N-ethyl adjacent to an activating group) is 1. The Morgan fingerprint density at radius 3 is 2.60 bits per heavy atom. The summed E-state index contributed by atoms with van der Waals surface area (Å²) in [6.45, 7) is 1.89. The van der Waals surface area contributed by atoms with Gasteiger partial charge in [0.1, 0.15) is 12.4 Å². The first kappa shape index (κ1) is 23.9. The van der Waals surface area contributed by atoms with Crippen LogP contribution in [0.15, 0.2) is 64.1 Å². The fraction of sp³-hybridized carbons (Fsp3) is 0.286. The monoisotopic (exact) mass is 541 g/mol. The molecule has 1 aromatic heterocycles. The lowest BCUT2D eigenvalue weighted by atomic mass is 10.2. The van der Waals surface area contributed by atoms with Crippen molar-refractivity contribution in [3.63, 3.8) is 0 Å². The highest BCUT2D eigenvalue weighted by atomic mass is 127. The number of nitrogens with one attached hydrogen (secondary N) is 1. The second-order valence-corrected chi connectivity index (χ2v) is 6.76. The van der Waals surface area contributed by atoms with E-state index in [-0.39, 0.29) is 24.0 Å². The molecular weight excluding hydrogens is 517 g/mol. The van der Waals surface area contributed by atoms with Crippen LogP contribution in [0.4, 0.5) is 0 Å². The van der Waals surface area contributed by atoms with Gasteiger partial charge < -0.3 is 19.5 Å². The van der Waals surface area contributed by atoms with Crippen LogP contribution in [0.5, 0.6) is 5.75 Å². The van der Waals surface area contributed by atoms with Crippen LogP contribution in [0, 0.1) is 0 Å². The van der Waals surface area contributed by atoms with Crippen molar-refractivity contribution in [3.8, 4) is 17.1 Å². The van der Waals surface area contributed by atoms with Crippen LogP contribution in [0.1, 0.15) is 5.89 Å². The molecule has 2 aromatic carbocycles. The van der Waals surface area contributed by atoms with Gasteiger partial charge in [-0.1, -0.05) is 35.0 Å². The van der Waals surface area contributed by atoms with E-state index in [1.807, 2.05) is 54.4 Å². The quantitative estimate of drug-likeness (QED) is 0.263. The minimum atomic E-state index is 0. The molecule has 0 unspecified atom stereocenters.